The molecule has 0 saturated carbocycles. The third-order valence-corrected chi connectivity index (χ3v) is 2.85. The summed E-state index contributed by atoms with van der Waals surface area (Å²) in [7, 11) is 0. The van der Waals surface area contributed by atoms with Gasteiger partial charge in [-0.05, 0) is 30.7 Å². The number of nitrogens with zero attached hydrogens (tertiary/aromatic N) is 1. The van der Waals surface area contributed by atoms with Crippen LogP contribution in [0.3, 0.4) is 0 Å². The van der Waals surface area contributed by atoms with Gasteiger partial charge in [-0.3, -0.25) is 4.79 Å². The molecule has 0 radical (unpaired) electrons. The molecule has 1 aliphatic rings. The molecule has 4 N–H and O–H groups in total. The van der Waals surface area contributed by atoms with E-state index in [1.807, 2.05) is 24.3 Å². The molecule has 0 bridgehead atoms. The Morgan fingerprint density at radius 3 is 2.53 bits per heavy atom. The predicted molar refractivity (Wildman–Crippen MR) is 60.4 cm³/mol. The number of nitrogens with two attached hydrogens (primary N) is 2. The van der Waals surface area contributed by atoms with Crippen molar-refractivity contribution >= 4 is 17.3 Å². The molecular formula is C11H15N3O. The first-order chi connectivity index (χ1) is 7.16. The van der Waals surface area contributed by atoms with Crippen LogP contribution in [0, 0.1) is 5.92 Å². The van der Waals surface area contributed by atoms with E-state index in [0.29, 0.717) is 0 Å². The topological polar surface area (TPSA) is 72.4 Å². The summed E-state index contributed by atoms with van der Waals surface area (Å²) in [6.45, 7) is 1.61. The number of nitrogen functional groups attached to an aromatic ring is 1. The van der Waals surface area contributed by atoms with Gasteiger partial charge in [0.25, 0.3) is 0 Å². The fourth-order valence-corrected chi connectivity index (χ4v) is 1.91. The van der Waals surface area contributed by atoms with Crippen molar-refractivity contribution in [1.29, 1.82) is 0 Å². The minimum absolute atomic E-state index is 0.0115. The summed E-state index contributed by atoms with van der Waals surface area (Å²) in [5.41, 5.74) is 12.7. The molecule has 1 atom stereocenters. The van der Waals surface area contributed by atoms with Crippen molar-refractivity contribution in [3.63, 3.8) is 0 Å². The Hall–Kier alpha value is -1.71. The maximum Gasteiger partial charge on any atom is 0.222 e. The minimum Gasteiger partial charge on any atom is -0.399 e. The van der Waals surface area contributed by atoms with Crippen molar-refractivity contribution in [2.24, 2.45) is 11.7 Å². The van der Waals surface area contributed by atoms with Gasteiger partial charge in [0.05, 0.1) is 5.92 Å². The summed E-state index contributed by atoms with van der Waals surface area (Å²) in [6.07, 6.45) is 0.847. The molecule has 15 heavy (non-hydrogen) atoms. The van der Waals surface area contributed by atoms with Gasteiger partial charge in [-0.15, -0.1) is 0 Å². The van der Waals surface area contributed by atoms with Crippen LogP contribution in [-0.2, 0) is 4.79 Å². The SMILES string of the molecule is NC(=O)[C@@H]1CCN(c2ccc(N)cc2)C1. The average Bonchev–Trinajstić information content (AvgIpc) is 2.68. The highest BCUT2D eigenvalue weighted by molar-refractivity contribution is 5.78. The summed E-state index contributed by atoms with van der Waals surface area (Å²) in [4.78, 5) is 13.2. The van der Waals surface area contributed by atoms with Crippen LogP contribution in [0.15, 0.2) is 24.3 Å². The zero-order chi connectivity index (χ0) is 10.8. The zero-order valence-electron chi connectivity index (χ0n) is 8.52. The van der Waals surface area contributed by atoms with Crippen LogP contribution in [0.5, 0.6) is 0 Å². The average molecular weight is 205 g/mol. The molecule has 1 fully saturated rings. The van der Waals surface area contributed by atoms with Gasteiger partial charge in [0.2, 0.25) is 5.91 Å². The molecule has 1 saturated heterocycles. The maximum absolute atomic E-state index is 11.0. The van der Waals surface area contributed by atoms with Gasteiger partial charge in [-0.1, -0.05) is 0 Å². The van der Waals surface area contributed by atoms with E-state index < -0.39 is 0 Å². The molecule has 2 rings (SSSR count). The van der Waals surface area contributed by atoms with Crippen molar-refractivity contribution in [1.82, 2.24) is 0 Å². The minimum atomic E-state index is -0.201. The van der Waals surface area contributed by atoms with Crippen LogP contribution < -0.4 is 16.4 Å². The van der Waals surface area contributed by atoms with E-state index >= 15 is 0 Å². The first-order valence-electron chi connectivity index (χ1n) is 5.06. The van der Waals surface area contributed by atoms with E-state index in [1.54, 1.807) is 0 Å². The Labute approximate surface area is 88.9 Å². The summed E-state index contributed by atoms with van der Waals surface area (Å²) in [6, 6.07) is 7.68. The van der Waals surface area contributed by atoms with E-state index in [1.165, 1.54) is 0 Å². The molecule has 1 amide bonds. The summed E-state index contributed by atoms with van der Waals surface area (Å²) in [5, 5.41) is 0. The largest absolute Gasteiger partial charge is 0.399 e. The summed E-state index contributed by atoms with van der Waals surface area (Å²) >= 11 is 0. The second kappa shape index (κ2) is 3.81. The third kappa shape index (κ3) is 2.03. The van der Waals surface area contributed by atoms with E-state index in [0.717, 1.165) is 30.9 Å². The lowest BCUT2D eigenvalue weighted by Gasteiger charge is -2.18. The van der Waals surface area contributed by atoms with Crippen LogP contribution in [0.1, 0.15) is 6.42 Å². The second-order valence-electron chi connectivity index (χ2n) is 3.93. The first kappa shape index (κ1) is 9.83. The monoisotopic (exact) mass is 205 g/mol. The molecular weight excluding hydrogens is 190 g/mol. The normalized spacial score (nSPS) is 20.5. The lowest BCUT2D eigenvalue weighted by atomic mass is 10.1. The smallest absolute Gasteiger partial charge is 0.222 e. The molecule has 0 unspecified atom stereocenters. The quantitative estimate of drug-likeness (QED) is 0.694. The van der Waals surface area contributed by atoms with Gasteiger partial charge in [0, 0.05) is 24.5 Å². The number of hydrogen-bond acceptors (Lipinski definition) is 3. The van der Waals surface area contributed by atoms with Crippen molar-refractivity contribution in [2.75, 3.05) is 23.7 Å². The van der Waals surface area contributed by atoms with E-state index in [4.69, 9.17) is 11.5 Å². The Balaban J connectivity index is 2.07. The molecule has 80 valence electrons. The Morgan fingerprint density at radius 2 is 2.00 bits per heavy atom. The number of benzene rings is 1. The molecule has 1 aromatic carbocycles. The van der Waals surface area contributed by atoms with Gasteiger partial charge in [-0.2, -0.15) is 0 Å². The number of carbonyl (C=O) groups is 1. The second-order valence-corrected chi connectivity index (χ2v) is 3.93. The fraction of sp³-hybridized carbons (Fsp3) is 0.364. The Kier molecular flexibility index (Phi) is 2.49. The van der Waals surface area contributed by atoms with E-state index in [9.17, 15) is 4.79 Å². The summed E-state index contributed by atoms with van der Waals surface area (Å²) < 4.78 is 0. The highest BCUT2D eigenvalue weighted by Crippen LogP contribution is 2.24. The van der Waals surface area contributed by atoms with Gasteiger partial charge >= 0.3 is 0 Å². The lowest BCUT2D eigenvalue weighted by molar-refractivity contribution is -0.121. The number of hydrogen-bond donors (Lipinski definition) is 2. The van der Waals surface area contributed by atoms with Crippen LogP contribution in [-0.4, -0.2) is 19.0 Å². The van der Waals surface area contributed by atoms with Crippen LogP contribution >= 0.6 is 0 Å². The number of rotatable bonds is 2. The molecule has 1 heterocycles. The van der Waals surface area contributed by atoms with E-state index in [2.05, 4.69) is 4.90 Å². The van der Waals surface area contributed by atoms with Crippen molar-refractivity contribution < 1.29 is 4.79 Å². The maximum atomic E-state index is 11.0. The number of carbonyl (C=O) groups excluding carboxylic acids is 1. The number of primary amides is 1. The molecule has 1 aliphatic heterocycles. The number of amides is 1. The van der Waals surface area contributed by atoms with Gasteiger partial charge in [0.1, 0.15) is 0 Å². The fourth-order valence-electron chi connectivity index (χ4n) is 1.91. The van der Waals surface area contributed by atoms with E-state index in [-0.39, 0.29) is 11.8 Å². The molecule has 0 spiro atoms. The summed E-state index contributed by atoms with van der Waals surface area (Å²) in [5.74, 6) is -0.213. The Bertz CT molecular complexity index is 361. The van der Waals surface area contributed by atoms with Crippen molar-refractivity contribution in [3.8, 4) is 0 Å². The number of anilines is 2. The highest BCUT2D eigenvalue weighted by atomic mass is 16.1. The molecule has 4 heteroatoms. The molecule has 4 nitrogen and oxygen atoms in total. The van der Waals surface area contributed by atoms with Crippen LogP contribution in [0.4, 0.5) is 11.4 Å². The standard InChI is InChI=1S/C11H15N3O/c12-9-1-3-10(4-2-9)14-6-5-8(7-14)11(13)15/h1-4,8H,5-7,12H2,(H2,13,15)/t8-/m1/s1. The van der Waals surface area contributed by atoms with Crippen LogP contribution in [0.2, 0.25) is 0 Å². The first-order valence-corrected chi connectivity index (χ1v) is 5.06. The predicted octanol–water partition coefficient (Wildman–Crippen LogP) is 0.580. The van der Waals surface area contributed by atoms with Crippen LogP contribution in [0.25, 0.3) is 0 Å². The highest BCUT2D eigenvalue weighted by Gasteiger charge is 2.26. The van der Waals surface area contributed by atoms with Gasteiger partial charge in [-0.25, -0.2) is 0 Å². The van der Waals surface area contributed by atoms with Crippen molar-refractivity contribution in [2.45, 2.75) is 6.42 Å². The van der Waals surface area contributed by atoms with Crippen molar-refractivity contribution in [3.05, 3.63) is 24.3 Å². The third-order valence-electron chi connectivity index (χ3n) is 2.85. The molecule has 1 aromatic rings. The molecule has 0 aliphatic carbocycles. The zero-order valence-corrected chi connectivity index (χ0v) is 8.52. The van der Waals surface area contributed by atoms with Gasteiger partial charge in [0.15, 0.2) is 0 Å². The van der Waals surface area contributed by atoms with Gasteiger partial charge < -0.3 is 16.4 Å². The molecule has 0 aromatic heterocycles. The lowest BCUT2D eigenvalue weighted by Crippen LogP contribution is -2.27. The Morgan fingerprint density at radius 1 is 1.33 bits per heavy atom.